The standard InChI is InChI=1S/C24H32FN5O2/c1-16(2)23(31)29(4)20-9-11-30(12-10-20)15-18-6-8-21(25)22(13-18)28-24(32)27-19-7-5-17(3)26-14-19/h5-8,13-14,16,20H,9-12,15H2,1-4H3,(H2,27,28,32). The number of aromatic nitrogens is 1. The molecule has 0 spiro atoms. The van der Waals surface area contributed by atoms with Crippen molar-refractivity contribution < 1.29 is 14.0 Å². The molecule has 1 fully saturated rings. The number of piperidine rings is 1. The van der Waals surface area contributed by atoms with Crippen molar-refractivity contribution in [3.05, 3.63) is 53.6 Å². The van der Waals surface area contributed by atoms with Gasteiger partial charge in [-0.3, -0.25) is 14.7 Å². The zero-order chi connectivity index (χ0) is 23.3. The number of nitrogens with one attached hydrogen (secondary N) is 2. The average molecular weight is 442 g/mol. The summed E-state index contributed by atoms with van der Waals surface area (Å²) in [4.78, 5) is 32.8. The number of benzene rings is 1. The van der Waals surface area contributed by atoms with Crippen LogP contribution in [-0.2, 0) is 11.3 Å². The lowest BCUT2D eigenvalue weighted by Crippen LogP contribution is -2.46. The van der Waals surface area contributed by atoms with Crippen LogP contribution in [-0.4, -0.2) is 52.9 Å². The number of aryl methyl sites for hydroxylation is 1. The summed E-state index contributed by atoms with van der Waals surface area (Å²) in [6.07, 6.45) is 3.37. The summed E-state index contributed by atoms with van der Waals surface area (Å²) in [7, 11) is 1.89. The van der Waals surface area contributed by atoms with Gasteiger partial charge < -0.3 is 15.5 Å². The number of carbonyl (C=O) groups is 2. The number of halogens is 1. The second kappa shape index (κ2) is 10.5. The molecule has 172 valence electrons. The molecule has 7 nitrogen and oxygen atoms in total. The van der Waals surface area contributed by atoms with Crippen LogP contribution in [0.25, 0.3) is 0 Å². The number of carbonyl (C=O) groups excluding carboxylic acids is 2. The predicted octanol–water partition coefficient (Wildman–Crippen LogP) is 4.25. The molecule has 0 radical (unpaired) electrons. The van der Waals surface area contributed by atoms with E-state index in [1.807, 2.05) is 32.7 Å². The van der Waals surface area contributed by atoms with Crippen molar-refractivity contribution in [2.75, 3.05) is 30.8 Å². The molecule has 3 amide bonds. The molecular weight excluding hydrogens is 409 g/mol. The Morgan fingerprint density at radius 2 is 1.91 bits per heavy atom. The van der Waals surface area contributed by atoms with Crippen LogP contribution in [0.5, 0.6) is 0 Å². The number of urea groups is 1. The molecule has 0 atom stereocenters. The fourth-order valence-corrected chi connectivity index (χ4v) is 3.90. The van der Waals surface area contributed by atoms with Crippen LogP contribution in [0.2, 0.25) is 0 Å². The molecule has 8 heteroatoms. The van der Waals surface area contributed by atoms with Crippen LogP contribution < -0.4 is 10.6 Å². The zero-order valence-electron chi connectivity index (χ0n) is 19.2. The first-order valence-corrected chi connectivity index (χ1v) is 11.0. The fourth-order valence-electron chi connectivity index (χ4n) is 3.90. The van der Waals surface area contributed by atoms with E-state index in [1.54, 1.807) is 30.5 Å². The largest absolute Gasteiger partial charge is 0.342 e. The van der Waals surface area contributed by atoms with Crippen LogP contribution in [0.4, 0.5) is 20.6 Å². The molecule has 0 unspecified atom stereocenters. The van der Waals surface area contributed by atoms with Gasteiger partial charge in [0.05, 0.1) is 17.6 Å². The molecule has 32 heavy (non-hydrogen) atoms. The third kappa shape index (κ3) is 6.26. The summed E-state index contributed by atoms with van der Waals surface area (Å²) in [6, 6.07) is 8.05. The molecular formula is C24H32FN5O2. The maximum absolute atomic E-state index is 14.3. The first-order chi connectivity index (χ1) is 15.2. The third-order valence-corrected chi connectivity index (χ3v) is 5.80. The van der Waals surface area contributed by atoms with E-state index in [4.69, 9.17) is 0 Å². The summed E-state index contributed by atoms with van der Waals surface area (Å²) in [5.74, 6) is -0.307. The lowest BCUT2D eigenvalue weighted by atomic mass is 10.0. The first kappa shape index (κ1) is 23.7. The monoisotopic (exact) mass is 441 g/mol. The number of pyridine rings is 1. The second-order valence-electron chi connectivity index (χ2n) is 8.69. The molecule has 1 aliphatic heterocycles. The van der Waals surface area contributed by atoms with Gasteiger partial charge in [-0.25, -0.2) is 9.18 Å². The Morgan fingerprint density at radius 3 is 2.53 bits per heavy atom. The molecule has 0 aliphatic carbocycles. The minimum absolute atomic E-state index is 0.00244. The highest BCUT2D eigenvalue weighted by molar-refractivity contribution is 5.99. The van der Waals surface area contributed by atoms with Gasteiger partial charge in [-0.1, -0.05) is 19.9 Å². The molecule has 0 bridgehead atoms. The van der Waals surface area contributed by atoms with Crippen molar-refractivity contribution in [3.63, 3.8) is 0 Å². The molecule has 2 aromatic rings. The van der Waals surface area contributed by atoms with Crippen molar-refractivity contribution in [3.8, 4) is 0 Å². The quantitative estimate of drug-likeness (QED) is 0.703. The number of hydrogen-bond acceptors (Lipinski definition) is 4. The van der Waals surface area contributed by atoms with Gasteiger partial charge in [0.15, 0.2) is 0 Å². The van der Waals surface area contributed by atoms with Gasteiger partial charge in [0.1, 0.15) is 5.82 Å². The highest BCUT2D eigenvalue weighted by Crippen LogP contribution is 2.22. The number of likely N-dealkylation sites (tertiary alicyclic amines) is 1. The average Bonchev–Trinajstić information content (AvgIpc) is 2.77. The molecule has 3 rings (SSSR count). The number of amides is 3. The number of nitrogens with zero attached hydrogens (tertiary/aromatic N) is 3. The Morgan fingerprint density at radius 1 is 1.19 bits per heavy atom. The Balaban J connectivity index is 1.55. The normalized spacial score (nSPS) is 14.9. The van der Waals surface area contributed by atoms with Gasteiger partial charge in [-0.05, 0) is 49.6 Å². The van der Waals surface area contributed by atoms with Crippen LogP contribution >= 0.6 is 0 Å². The molecule has 1 aromatic carbocycles. The first-order valence-electron chi connectivity index (χ1n) is 11.0. The smallest absolute Gasteiger partial charge is 0.323 e. The SMILES string of the molecule is Cc1ccc(NC(=O)Nc2cc(CN3CCC(N(C)C(=O)C(C)C)CC3)ccc2F)cn1. The highest BCUT2D eigenvalue weighted by Gasteiger charge is 2.26. The minimum Gasteiger partial charge on any atom is -0.342 e. The predicted molar refractivity (Wildman–Crippen MR) is 124 cm³/mol. The van der Waals surface area contributed by atoms with E-state index in [-0.39, 0.29) is 23.6 Å². The molecule has 2 N–H and O–H groups in total. The third-order valence-electron chi connectivity index (χ3n) is 5.80. The van der Waals surface area contributed by atoms with Gasteiger partial charge in [0.2, 0.25) is 5.91 Å². The van der Waals surface area contributed by atoms with Crippen LogP contribution in [0, 0.1) is 18.7 Å². The topological polar surface area (TPSA) is 77.6 Å². The van der Waals surface area contributed by atoms with E-state index in [0.29, 0.717) is 12.2 Å². The van der Waals surface area contributed by atoms with Crippen LogP contribution in [0.15, 0.2) is 36.5 Å². The molecule has 1 saturated heterocycles. The van der Waals surface area contributed by atoms with Crippen molar-refractivity contribution in [1.82, 2.24) is 14.8 Å². The maximum Gasteiger partial charge on any atom is 0.323 e. The van der Waals surface area contributed by atoms with Gasteiger partial charge >= 0.3 is 6.03 Å². The van der Waals surface area contributed by atoms with E-state index >= 15 is 0 Å². The fraction of sp³-hybridized carbons (Fsp3) is 0.458. The highest BCUT2D eigenvalue weighted by atomic mass is 19.1. The lowest BCUT2D eigenvalue weighted by Gasteiger charge is -2.37. The molecule has 2 heterocycles. The van der Waals surface area contributed by atoms with E-state index < -0.39 is 11.8 Å². The summed E-state index contributed by atoms with van der Waals surface area (Å²) in [5, 5.41) is 5.24. The van der Waals surface area contributed by atoms with E-state index in [1.165, 1.54) is 6.07 Å². The van der Waals surface area contributed by atoms with E-state index in [2.05, 4.69) is 20.5 Å². The molecule has 1 aliphatic rings. The Bertz CT molecular complexity index is 940. The van der Waals surface area contributed by atoms with Crippen molar-refractivity contribution in [2.45, 2.75) is 46.2 Å². The van der Waals surface area contributed by atoms with E-state index in [0.717, 1.165) is 37.2 Å². The second-order valence-corrected chi connectivity index (χ2v) is 8.69. The number of rotatable bonds is 6. The number of hydrogen-bond donors (Lipinski definition) is 2. The van der Waals surface area contributed by atoms with Crippen LogP contribution in [0.1, 0.15) is 37.9 Å². The summed E-state index contributed by atoms with van der Waals surface area (Å²) < 4.78 is 14.3. The lowest BCUT2D eigenvalue weighted by molar-refractivity contribution is -0.136. The Labute approximate surface area is 189 Å². The summed E-state index contributed by atoms with van der Waals surface area (Å²) in [6.45, 7) is 8.09. The van der Waals surface area contributed by atoms with Gasteiger partial charge in [-0.2, -0.15) is 0 Å². The maximum atomic E-state index is 14.3. The Hall–Kier alpha value is -3.00. The van der Waals surface area contributed by atoms with Crippen molar-refractivity contribution in [1.29, 1.82) is 0 Å². The van der Waals surface area contributed by atoms with Crippen molar-refractivity contribution >= 4 is 23.3 Å². The number of anilines is 2. The van der Waals surface area contributed by atoms with Gasteiger partial charge in [0.25, 0.3) is 0 Å². The van der Waals surface area contributed by atoms with Crippen LogP contribution in [0.3, 0.4) is 0 Å². The zero-order valence-corrected chi connectivity index (χ0v) is 19.2. The van der Waals surface area contributed by atoms with Gasteiger partial charge in [-0.15, -0.1) is 0 Å². The molecule has 1 aromatic heterocycles. The summed E-state index contributed by atoms with van der Waals surface area (Å²) >= 11 is 0. The van der Waals surface area contributed by atoms with Crippen molar-refractivity contribution in [2.24, 2.45) is 5.92 Å². The Kier molecular flexibility index (Phi) is 7.80. The van der Waals surface area contributed by atoms with E-state index in [9.17, 15) is 14.0 Å². The molecule has 0 saturated carbocycles. The summed E-state index contributed by atoms with van der Waals surface area (Å²) in [5.41, 5.74) is 2.44. The van der Waals surface area contributed by atoms with Gasteiger partial charge in [0, 0.05) is 44.3 Å². The minimum atomic E-state index is -0.523.